The molecule has 0 aliphatic carbocycles. The number of aromatic nitrogens is 5. The first kappa shape index (κ1) is 21.7. The lowest BCUT2D eigenvalue weighted by Gasteiger charge is -2.46. The van der Waals surface area contributed by atoms with Crippen molar-refractivity contribution in [3.63, 3.8) is 0 Å². The Morgan fingerprint density at radius 3 is 2.43 bits per heavy atom. The summed E-state index contributed by atoms with van der Waals surface area (Å²) in [5.74, 6) is 1.16. The normalized spacial score (nSPS) is 17.9. The minimum Gasteiger partial charge on any atom is -0.355 e. The van der Waals surface area contributed by atoms with Crippen molar-refractivity contribution in [3.05, 3.63) is 72.2 Å². The van der Waals surface area contributed by atoms with Crippen LogP contribution in [0.3, 0.4) is 0 Å². The van der Waals surface area contributed by atoms with Gasteiger partial charge in [-0.1, -0.05) is 30.3 Å². The van der Waals surface area contributed by atoms with Crippen molar-refractivity contribution in [2.75, 3.05) is 24.5 Å². The Morgan fingerprint density at radius 2 is 1.63 bits per heavy atom. The molecule has 4 aromatic rings. The Balaban J connectivity index is 1.16. The summed E-state index contributed by atoms with van der Waals surface area (Å²) in [6.45, 7) is 4.89. The van der Waals surface area contributed by atoms with E-state index in [2.05, 4.69) is 15.0 Å². The number of likely N-dealkylation sites (tertiary alicyclic amines) is 1. The highest BCUT2D eigenvalue weighted by Crippen LogP contribution is 2.42. The molecular weight excluding hydrogens is 438 g/mol. The number of rotatable bonds is 4. The van der Waals surface area contributed by atoms with Crippen LogP contribution in [0.1, 0.15) is 37.1 Å². The maximum absolute atomic E-state index is 13.7. The zero-order valence-corrected chi connectivity index (χ0v) is 20.0. The molecular formula is C27H29N7O. The molecule has 6 rings (SSSR count). The molecule has 2 saturated heterocycles. The van der Waals surface area contributed by atoms with E-state index in [0.29, 0.717) is 6.54 Å². The number of nitrogens with zero attached hydrogens (tertiary/aromatic N) is 7. The van der Waals surface area contributed by atoms with Crippen LogP contribution < -0.4 is 4.90 Å². The summed E-state index contributed by atoms with van der Waals surface area (Å²) >= 11 is 0. The smallest absolute Gasteiger partial charge is 0.229 e. The van der Waals surface area contributed by atoms with Crippen molar-refractivity contribution in [3.8, 4) is 5.69 Å². The van der Waals surface area contributed by atoms with Crippen LogP contribution in [0, 0.1) is 12.3 Å². The van der Waals surface area contributed by atoms with Crippen LogP contribution in [0.2, 0.25) is 0 Å². The zero-order chi connectivity index (χ0) is 23.8. The fourth-order valence-electron chi connectivity index (χ4n) is 5.44. The number of para-hydroxylation sites is 3. The van der Waals surface area contributed by atoms with Crippen LogP contribution in [0.25, 0.3) is 16.7 Å². The Bertz CT molecular complexity index is 1360. The number of fused-ring (bicyclic) bond motifs is 1. The minimum absolute atomic E-state index is 0.265. The van der Waals surface area contributed by atoms with Gasteiger partial charge < -0.3 is 9.80 Å². The van der Waals surface area contributed by atoms with Gasteiger partial charge in [-0.15, -0.1) is 0 Å². The maximum atomic E-state index is 13.7. The average molecular weight is 468 g/mol. The van der Waals surface area contributed by atoms with Crippen molar-refractivity contribution in [2.24, 2.45) is 5.41 Å². The first-order valence-electron chi connectivity index (χ1n) is 12.4. The molecule has 2 aliphatic rings. The van der Waals surface area contributed by atoms with Gasteiger partial charge in [0.1, 0.15) is 11.5 Å². The molecule has 0 unspecified atom stereocenters. The van der Waals surface area contributed by atoms with E-state index < -0.39 is 0 Å². The number of benzene rings is 2. The van der Waals surface area contributed by atoms with Crippen molar-refractivity contribution < 1.29 is 4.79 Å². The van der Waals surface area contributed by atoms with Gasteiger partial charge in [0.25, 0.3) is 0 Å². The lowest BCUT2D eigenvalue weighted by molar-refractivity contribution is -0.148. The number of piperidine rings is 2. The van der Waals surface area contributed by atoms with Gasteiger partial charge >= 0.3 is 0 Å². The number of anilines is 1. The van der Waals surface area contributed by atoms with Crippen LogP contribution in [-0.4, -0.2) is 55.4 Å². The van der Waals surface area contributed by atoms with Crippen LogP contribution in [-0.2, 0) is 11.3 Å². The molecule has 2 aromatic heterocycles. The van der Waals surface area contributed by atoms with Crippen LogP contribution in [0.4, 0.5) is 5.82 Å². The molecule has 1 spiro atoms. The third-order valence-corrected chi connectivity index (χ3v) is 7.51. The largest absolute Gasteiger partial charge is 0.355 e. The third kappa shape index (κ3) is 4.03. The molecule has 35 heavy (non-hydrogen) atoms. The number of hydrogen-bond donors (Lipinski definition) is 0. The highest BCUT2D eigenvalue weighted by Gasteiger charge is 2.46. The van der Waals surface area contributed by atoms with Crippen molar-refractivity contribution in [1.82, 2.24) is 29.9 Å². The summed E-state index contributed by atoms with van der Waals surface area (Å²) in [7, 11) is 0. The van der Waals surface area contributed by atoms with Crippen molar-refractivity contribution in [1.29, 1.82) is 0 Å². The van der Waals surface area contributed by atoms with Crippen LogP contribution in [0.5, 0.6) is 0 Å². The Hall–Kier alpha value is -3.81. The molecule has 0 atom stereocenters. The van der Waals surface area contributed by atoms with Crippen molar-refractivity contribution in [2.45, 2.75) is 39.2 Å². The van der Waals surface area contributed by atoms with Gasteiger partial charge in [0, 0.05) is 19.6 Å². The fraction of sp³-hybridized carbons (Fsp3) is 0.370. The molecule has 8 heteroatoms. The minimum atomic E-state index is -0.289. The van der Waals surface area contributed by atoms with E-state index in [1.165, 1.54) is 0 Å². The highest BCUT2D eigenvalue weighted by atomic mass is 16.2. The summed E-state index contributed by atoms with van der Waals surface area (Å²) < 4.78 is 0. The average Bonchev–Trinajstić information content (AvgIpc) is 3.27. The van der Waals surface area contributed by atoms with E-state index in [-0.39, 0.29) is 11.3 Å². The molecule has 2 fully saturated rings. The van der Waals surface area contributed by atoms with E-state index in [4.69, 9.17) is 10.1 Å². The third-order valence-electron chi connectivity index (χ3n) is 7.51. The molecule has 0 radical (unpaired) electrons. The second-order valence-corrected chi connectivity index (χ2v) is 9.67. The van der Waals surface area contributed by atoms with E-state index in [9.17, 15) is 4.79 Å². The van der Waals surface area contributed by atoms with E-state index >= 15 is 0 Å². The molecule has 0 N–H and O–H groups in total. The maximum Gasteiger partial charge on any atom is 0.229 e. The summed E-state index contributed by atoms with van der Waals surface area (Å²) in [6.07, 6.45) is 5.51. The number of aryl methyl sites for hydroxylation is 1. The summed E-state index contributed by atoms with van der Waals surface area (Å²) in [5, 5.41) is 9.30. The zero-order valence-electron chi connectivity index (χ0n) is 20.0. The molecule has 8 nitrogen and oxygen atoms in total. The van der Waals surface area contributed by atoms with Crippen LogP contribution >= 0.6 is 0 Å². The second-order valence-electron chi connectivity index (χ2n) is 9.67. The molecule has 1 amide bonds. The van der Waals surface area contributed by atoms with E-state index in [0.717, 1.165) is 79.2 Å². The van der Waals surface area contributed by atoms with E-state index in [1.54, 1.807) is 4.80 Å². The Morgan fingerprint density at radius 1 is 0.886 bits per heavy atom. The van der Waals surface area contributed by atoms with E-state index in [1.807, 2.05) is 72.6 Å². The first-order valence-corrected chi connectivity index (χ1v) is 12.4. The number of amides is 1. The predicted molar refractivity (Wildman–Crippen MR) is 134 cm³/mol. The van der Waals surface area contributed by atoms with Gasteiger partial charge in [0.2, 0.25) is 5.91 Å². The standard InChI is InChI=1S/C27H29N7O/c1-20-24(31-34(30-20)21-8-3-2-4-9-21)19-33-15-7-12-27(26(33)35)13-16-32(17-14-27)25-18-28-22-10-5-6-11-23(22)29-25/h2-6,8-11,18H,7,12-17,19H2,1H3. The van der Waals surface area contributed by atoms with Gasteiger partial charge in [0.05, 0.1) is 40.6 Å². The van der Waals surface area contributed by atoms with Gasteiger partial charge in [-0.2, -0.15) is 15.0 Å². The lowest BCUT2D eigenvalue weighted by atomic mass is 9.71. The SMILES string of the molecule is Cc1nn(-c2ccccc2)nc1CN1CCCC2(CCN(c3cnc4ccccc4n3)CC2)C1=O. The molecule has 0 saturated carbocycles. The predicted octanol–water partition coefficient (Wildman–Crippen LogP) is 3.93. The second kappa shape index (κ2) is 8.76. The number of hydrogen-bond acceptors (Lipinski definition) is 6. The topological polar surface area (TPSA) is 80.0 Å². The lowest BCUT2D eigenvalue weighted by Crippen LogP contribution is -2.53. The Labute approximate surface area is 204 Å². The number of carbonyl (C=O) groups excluding carboxylic acids is 1. The van der Waals surface area contributed by atoms with Crippen molar-refractivity contribution >= 4 is 22.8 Å². The molecule has 178 valence electrons. The quantitative estimate of drug-likeness (QED) is 0.453. The highest BCUT2D eigenvalue weighted by molar-refractivity contribution is 5.84. The fourth-order valence-corrected chi connectivity index (χ4v) is 5.44. The summed E-state index contributed by atoms with van der Waals surface area (Å²) in [6, 6.07) is 17.8. The van der Waals surface area contributed by atoms with Gasteiger partial charge in [-0.05, 0) is 56.9 Å². The summed E-state index contributed by atoms with van der Waals surface area (Å²) in [5.41, 5.74) is 4.18. The monoisotopic (exact) mass is 467 g/mol. The molecule has 2 aromatic carbocycles. The number of carbonyl (C=O) groups is 1. The Kier molecular flexibility index (Phi) is 5.43. The van der Waals surface area contributed by atoms with Gasteiger partial charge in [0.15, 0.2) is 0 Å². The molecule has 2 aliphatic heterocycles. The molecule has 0 bridgehead atoms. The summed E-state index contributed by atoms with van der Waals surface area (Å²) in [4.78, 5) is 29.1. The molecule has 4 heterocycles. The van der Waals surface area contributed by atoms with Crippen LogP contribution in [0.15, 0.2) is 60.8 Å². The van der Waals surface area contributed by atoms with Gasteiger partial charge in [-0.3, -0.25) is 9.78 Å². The van der Waals surface area contributed by atoms with Gasteiger partial charge in [-0.25, -0.2) is 4.98 Å². The first-order chi connectivity index (χ1) is 17.1.